The monoisotopic (exact) mass is 212 g/mol. The lowest BCUT2D eigenvalue weighted by Crippen LogP contribution is -2.39. The zero-order valence-corrected chi connectivity index (χ0v) is 9.06. The van der Waals surface area contributed by atoms with Crippen LogP contribution in [0.15, 0.2) is 17.3 Å². The summed E-state index contributed by atoms with van der Waals surface area (Å²) in [4.78, 5) is 13.9. The van der Waals surface area contributed by atoms with Gasteiger partial charge in [-0.1, -0.05) is 17.3 Å². The normalized spacial score (nSPS) is 11.3. The minimum absolute atomic E-state index is 0.355. The zero-order chi connectivity index (χ0) is 11.7. The fourth-order valence-corrected chi connectivity index (χ4v) is 1.02. The number of nitrogens with one attached hydrogen (secondary N) is 1. The van der Waals surface area contributed by atoms with Gasteiger partial charge in [-0.15, -0.1) is 0 Å². The van der Waals surface area contributed by atoms with Crippen LogP contribution in [0.4, 0.5) is 0 Å². The molecule has 1 N–H and O–H groups in total. The van der Waals surface area contributed by atoms with Gasteiger partial charge < -0.3 is 10.1 Å². The summed E-state index contributed by atoms with van der Waals surface area (Å²) in [7, 11) is 1.33. The van der Waals surface area contributed by atoms with Crippen molar-refractivity contribution in [1.82, 2.24) is 5.32 Å². The highest BCUT2D eigenvalue weighted by atomic mass is 16.5. The van der Waals surface area contributed by atoms with E-state index in [4.69, 9.17) is 5.53 Å². The van der Waals surface area contributed by atoms with E-state index in [0.717, 1.165) is 0 Å². The van der Waals surface area contributed by atoms with Crippen LogP contribution in [0.5, 0.6) is 0 Å². The number of carbonyl (C=O) groups is 1. The second-order valence-electron chi connectivity index (χ2n) is 3.06. The maximum Gasteiger partial charge on any atom is 0.327 e. The number of esters is 1. The molecular formula is C9H16N4O2. The van der Waals surface area contributed by atoms with Gasteiger partial charge in [-0.25, -0.2) is 0 Å². The SMILES string of the molecule is C=C(C)C(NCCCN=[N+]=[N-])C(=O)OC. The van der Waals surface area contributed by atoms with Gasteiger partial charge in [0.2, 0.25) is 0 Å². The standard InChI is InChI=1S/C9H16N4O2/c1-7(2)8(9(14)15-3)11-5-4-6-12-13-10/h8,11H,1,4-6H2,2-3H3. The Morgan fingerprint density at radius 2 is 2.40 bits per heavy atom. The fourth-order valence-electron chi connectivity index (χ4n) is 1.02. The Bertz CT molecular complexity index is 271. The summed E-state index contributed by atoms with van der Waals surface area (Å²) in [5.41, 5.74) is 8.74. The second-order valence-corrected chi connectivity index (χ2v) is 3.06. The molecule has 0 amide bonds. The van der Waals surface area contributed by atoms with Crippen LogP contribution in [0.3, 0.4) is 0 Å². The first-order valence-corrected chi connectivity index (χ1v) is 4.61. The predicted octanol–water partition coefficient (Wildman–Crippen LogP) is 1.39. The van der Waals surface area contributed by atoms with E-state index >= 15 is 0 Å². The predicted molar refractivity (Wildman–Crippen MR) is 57.3 cm³/mol. The van der Waals surface area contributed by atoms with Crippen LogP contribution in [-0.4, -0.2) is 32.2 Å². The summed E-state index contributed by atoms with van der Waals surface area (Å²) in [6.07, 6.45) is 0.671. The summed E-state index contributed by atoms with van der Waals surface area (Å²) in [5.74, 6) is -0.355. The number of azide groups is 1. The van der Waals surface area contributed by atoms with Gasteiger partial charge in [0.15, 0.2) is 0 Å². The average molecular weight is 212 g/mol. The Kier molecular flexibility index (Phi) is 7.05. The Hall–Kier alpha value is -1.52. The average Bonchev–Trinajstić information content (AvgIpc) is 2.22. The molecule has 84 valence electrons. The first-order valence-electron chi connectivity index (χ1n) is 4.61. The highest BCUT2D eigenvalue weighted by Crippen LogP contribution is 2.00. The van der Waals surface area contributed by atoms with Crippen molar-refractivity contribution in [1.29, 1.82) is 0 Å². The van der Waals surface area contributed by atoms with Crippen LogP contribution in [-0.2, 0) is 9.53 Å². The molecule has 0 aromatic rings. The summed E-state index contributed by atoms with van der Waals surface area (Å²) in [5, 5.41) is 6.35. The number of carbonyl (C=O) groups excluding carboxylic acids is 1. The van der Waals surface area contributed by atoms with Gasteiger partial charge in [-0.05, 0) is 25.4 Å². The molecule has 6 heteroatoms. The van der Waals surface area contributed by atoms with Gasteiger partial charge in [0.05, 0.1) is 7.11 Å². The molecule has 1 unspecified atom stereocenters. The van der Waals surface area contributed by atoms with E-state index in [1.807, 2.05) is 0 Å². The smallest absolute Gasteiger partial charge is 0.327 e. The van der Waals surface area contributed by atoms with E-state index in [2.05, 4.69) is 26.7 Å². The number of rotatable bonds is 7. The molecule has 6 nitrogen and oxygen atoms in total. The fraction of sp³-hybridized carbons (Fsp3) is 0.667. The largest absolute Gasteiger partial charge is 0.468 e. The molecule has 0 aliphatic rings. The van der Waals surface area contributed by atoms with Crippen LogP contribution in [0.2, 0.25) is 0 Å². The lowest BCUT2D eigenvalue weighted by atomic mass is 10.1. The van der Waals surface area contributed by atoms with Gasteiger partial charge in [-0.3, -0.25) is 4.79 Å². The number of hydrogen-bond donors (Lipinski definition) is 1. The molecule has 0 radical (unpaired) electrons. The molecule has 0 saturated heterocycles. The third kappa shape index (κ3) is 5.72. The molecule has 0 fully saturated rings. The Morgan fingerprint density at radius 3 is 2.87 bits per heavy atom. The van der Waals surface area contributed by atoms with Crippen molar-refractivity contribution < 1.29 is 9.53 Å². The molecule has 0 bridgehead atoms. The molecule has 0 heterocycles. The Labute approximate surface area is 88.9 Å². The lowest BCUT2D eigenvalue weighted by molar-refractivity contribution is -0.142. The third-order valence-corrected chi connectivity index (χ3v) is 1.78. The number of ether oxygens (including phenoxy) is 1. The number of methoxy groups -OCH3 is 1. The Balaban J connectivity index is 3.92. The van der Waals surface area contributed by atoms with Crippen molar-refractivity contribution in [2.24, 2.45) is 5.11 Å². The second kappa shape index (κ2) is 7.84. The quantitative estimate of drug-likeness (QED) is 0.173. The summed E-state index contributed by atoms with van der Waals surface area (Å²) in [6, 6.07) is -0.485. The van der Waals surface area contributed by atoms with Gasteiger partial charge >= 0.3 is 5.97 Å². The highest BCUT2D eigenvalue weighted by Gasteiger charge is 2.18. The van der Waals surface area contributed by atoms with E-state index < -0.39 is 6.04 Å². The van der Waals surface area contributed by atoms with Crippen molar-refractivity contribution in [3.8, 4) is 0 Å². The van der Waals surface area contributed by atoms with Crippen molar-refractivity contribution >= 4 is 5.97 Å². The first kappa shape index (κ1) is 13.5. The van der Waals surface area contributed by atoms with Crippen molar-refractivity contribution in [2.75, 3.05) is 20.2 Å². The summed E-state index contributed by atoms with van der Waals surface area (Å²) < 4.78 is 4.61. The van der Waals surface area contributed by atoms with E-state index in [9.17, 15) is 4.79 Å². The van der Waals surface area contributed by atoms with E-state index in [0.29, 0.717) is 25.1 Å². The maximum atomic E-state index is 11.2. The highest BCUT2D eigenvalue weighted by molar-refractivity contribution is 5.79. The molecule has 1 atom stereocenters. The maximum absolute atomic E-state index is 11.2. The third-order valence-electron chi connectivity index (χ3n) is 1.78. The van der Waals surface area contributed by atoms with Crippen LogP contribution in [0.1, 0.15) is 13.3 Å². The molecule has 0 aromatic carbocycles. The van der Waals surface area contributed by atoms with E-state index in [-0.39, 0.29) is 5.97 Å². The van der Waals surface area contributed by atoms with E-state index in [1.165, 1.54) is 7.11 Å². The lowest BCUT2D eigenvalue weighted by Gasteiger charge is -2.15. The van der Waals surface area contributed by atoms with Crippen molar-refractivity contribution in [3.63, 3.8) is 0 Å². The minimum Gasteiger partial charge on any atom is -0.468 e. The molecule has 15 heavy (non-hydrogen) atoms. The minimum atomic E-state index is -0.485. The first-order chi connectivity index (χ1) is 7.13. The van der Waals surface area contributed by atoms with Gasteiger partial charge in [0.25, 0.3) is 0 Å². The van der Waals surface area contributed by atoms with Crippen LogP contribution < -0.4 is 5.32 Å². The number of nitrogens with zero attached hydrogens (tertiary/aromatic N) is 3. The van der Waals surface area contributed by atoms with Crippen LogP contribution in [0, 0.1) is 0 Å². The van der Waals surface area contributed by atoms with Crippen molar-refractivity contribution in [3.05, 3.63) is 22.6 Å². The van der Waals surface area contributed by atoms with Gasteiger partial charge in [0.1, 0.15) is 6.04 Å². The Morgan fingerprint density at radius 1 is 1.73 bits per heavy atom. The zero-order valence-electron chi connectivity index (χ0n) is 9.06. The van der Waals surface area contributed by atoms with Crippen LogP contribution in [0.25, 0.3) is 10.4 Å². The topological polar surface area (TPSA) is 87.1 Å². The number of hydrogen-bond acceptors (Lipinski definition) is 4. The molecule has 0 saturated carbocycles. The molecule has 0 aliphatic carbocycles. The van der Waals surface area contributed by atoms with Crippen LogP contribution >= 0.6 is 0 Å². The molecule has 0 rings (SSSR count). The molecule has 0 aliphatic heterocycles. The van der Waals surface area contributed by atoms with Gasteiger partial charge in [0, 0.05) is 11.5 Å². The summed E-state index contributed by atoms with van der Waals surface area (Å²) in [6.45, 7) is 6.43. The molecular weight excluding hydrogens is 196 g/mol. The van der Waals surface area contributed by atoms with Gasteiger partial charge in [-0.2, -0.15) is 0 Å². The molecule has 0 aromatic heterocycles. The van der Waals surface area contributed by atoms with Crippen molar-refractivity contribution in [2.45, 2.75) is 19.4 Å². The molecule has 0 spiro atoms. The van der Waals surface area contributed by atoms with E-state index in [1.54, 1.807) is 6.92 Å². The summed E-state index contributed by atoms with van der Waals surface area (Å²) >= 11 is 0.